The normalized spacial score (nSPS) is 11.0. The molecule has 0 unspecified atom stereocenters. The zero-order valence-electron chi connectivity index (χ0n) is 10.6. The molecular weight excluding hydrogens is 315 g/mol. The molecule has 0 fully saturated rings. The predicted octanol–water partition coefficient (Wildman–Crippen LogP) is 2.07. The lowest BCUT2D eigenvalue weighted by atomic mass is 10.2. The Bertz CT molecular complexity index is 843. The maximum Gasteiger partial charge on any atom is 0.263 e. The topological polar surface area (TPSA) is 98.5 Å². The molecule has 3 aromatic rings. The van der Waals surface area contributed by atoms with E-state index in [9.17, 15) is 4.79 Å². The van der Waals surface area contributed by atoms with Crippen molar-refractivity contribution in [3.05, 3.63) is 50.4 Å². The highest BCUT2D eigenvalue weighted by atomic mass is 35.5. The molecule has 0 saturated carbocycles. The highest BCUT2D eigenvalue weighted by Gasteiger charge is 2.05. The van der Waals surface area contributed by atoms with E-state index in [0.29, 0.717) is 27.6 Å². The lowest BCUT2D eigenvalue weighted by molar-refractivity contribution is 0.785. The molecule has 9 heteroatoms. The monoisotopic (exact) mass is 324 g/mol. The minimum Gasteiger partial charge on any atom is -0.291 e. The molecule has 2 heterocycles. The number of aromatic nitrogens is 4. The van der Waals surface area contributed by atoms with Crippen molar-refractivity contribution in [2.45, 2.75) is 6.54 Å². The summed E-state index contributed by atoms with van der Waals surface area (Å²) >= 11 is 11.8. The van der Waals surface area contributed by atoms with Gasteiger partial charge in [0, 0.05) is 6.54 Å². The van der Waals surface area contributed by atoms with Gasteiger partial charge in [-0.15, -0.1) is 0 Å². The second kappa shape index (κ2) is 5.72. The number of H-pyrrole nitrogens is 2. The Hall–Kier alpha value is -2.09. The smallest absolute Gasteiger partial charge is 0.263 e. The van der Waals surface area contributed by atoms with Gasteiger partial charge in [-0.05, 0) is 17.7 Å². The molecule has 0 bridgehead atoms. The molecule has 21 heavy (non-hydrogen) atoms. The van der Waals surface area contributed by atoms with Crippen molar-refractivity contribution in [1.29, 1.82) is 0 Å². The van der Waals surface area contributed by atoms with Gasteiger partial charge in [0.1, 0.15) is 5.39 Å². The van der Waals surface area contributed by atoms with Gasteiger partial charge < -0.3 is 0 Å². The van der Waals surface area contributed by atoms with E-state index in [-0.39, 0.29) is 11.5 Å². The van der Waals surface area contributed by atoms with Crippen molar-refractivity contribution in [2.75, 3.05) is 5.43 Å². The molecule has 0 atom stereocenters. The highest BCUT2D eigenvalue weighted by Crippen LogP contribution is 2.22. The molecule has 0 aliphatic rings. The molecule has 0 spiro atoms. The zero-order chi connectivity index (χ0) is 14.8. The summed E-state index contributed by atoms with van der Waals surface area (Å²) in [5.41, 5.74) is 6.82. The van der Waals surface area contributed by atoms with Crippen molar-refractivity contribution in [3.8, 4) is 0 Å². The molecule has 0 amide bonds. The van der Waals surface area contributed by atoms with Crippen molar-refractivity contribution < 1.29 is 0 Å². The van der Waals surface area contributed by atoms with Gasteiger partial charge in [-0.25, -0.2) is 5.43 Å². The summed E-state index contributed by atoms with van der Waals surface area (Å²) in [5.74, 6) is 0.289. The van der Waals surface area contributed by atoms with Crippen LogP contribution in [0.2, 0.25) is 10.0 Å². The van der Waals surface area contributed by atoms with Crippen LogP contribution in [0.5, 0.6) is 0 Å². The van der Waals surface area contributed by atoms with Crippen molar-refractivity contribution in [3.63, 3.8) is 0 Å². The molecule has 4 N–H and O–H groups in total. The Balaban J connectivity index is 1.68. The first-order chi connectivity index (χ1) is 10.1. The molecule has 3 rings (SSSR count). The molecule has 7 nitrogen and oxygen atoms in total. The van der Waals surface area contributed by atoms with Crippen LogP contribution in [0.4, 0.5) is 5.95 Å². The van der Waals surface area contributed by atoms with Crippen LogP contribution >= 0.6 is 23.2 Å². The van der Waals surface area contributed by atoms with Crippen molar-refractivity contribution in [1.82, 2.24) is 25.6 Å². The Kier molecular flexibility index (Phi) is 3.78. The molecule has 0 radical (unpaired) electrons. The van der Waals surface area contributed by atoms with E-state index in [1.54, 1.807) is 12.1 Å². The molecule has 0 aliphatic carbocycles. The maximum absolute atomic E-state index is 11.7. The number of benzene rings is 1. The summed E-state index contributed by atoms with van der Waals surface area (Å²) in [6.45, 7) is 0.474. The molecule has 1 aromatic carbocycles. The second-order valence-electron chi connectivity index (χ2n) is 4.27. The minimum absolute atomic E-state index is 0.271. The first-order valence-corrected chi connectivity index (χ1v) is 6.75. The van der Waals surface area contributed by atoms with E-state index in [1.165, 1.54) is 6.20 Å². The number of hydrogen-bond donors (Lipinski definition) is 4. The summed E-state index contributed by atoms with van der Waals surface area (Å²) in [5, 5.41) is 7.81. The van der Waals surface area contributed by atoms with Crippen LogP contribution in [0.25, 0.3) is 11.0 Å². The fraction of sp³-hybridized carbons (Fsp3) is 0.0833. The van der Waals surface area contributed by atoms with E-state index in [2.05, 4.69) is 31.0 Å². The van der Waals surface area contributed by atoms with Gasteiger partial charge in [-0.1, -0.05) is 29.3 Å². The average molecular weight is 325 g/mol. The second-order valence-corrected chi connectivity index (χ2v) is 5.09. The molecule has 108 valence electrons. The van der Waals surface area contributed by atoms with Crippen molar-refractivity contribution in [2.24, 2.45) is 0 Å². The predicted molar refractivity (Wildman–Crippen MR) is 81.4 cm³/mol. The number of fused-ring (bicyclic) bond motifs is 1. The highest BCUT2D eigenvalue weighted by molar-refractivity contribution is 6.42. The Morgan fingerprint density at radius 3 is 2.90 bits per heavy atom. The van der Waals surface area contributed by atoms with Gasteiger partial charge in [-0.3, -0.25) is 20.3 Å². The standard InChI is InChI=1S/C12H10Cl2N6O/c13-8-2-1-6(3-9(8)14)4-15-20-12-17-10-7(5-16-19-10)11(21)18-12/h1-3,5,15H,4H2,(H3,16,17,18,19,20,21). The first kappa shape index (κ1) is 13.9. The lowest BCUT2D eigenvalue weighted by Gasteiger charge is -2.08. The fourth-order valence-electron chi connectivity index (χ4n) is 1.78. The van der Waals surface area contributed by atoms with E-state index >= 15 is 0 Å². The number of halogens is 2. The Morgan fingerprint density at radius 1 is 1.24 bits per heavy atom. The van der Waals surface area contributed by atoms with Gasteiger partial charge >= 0.3 is 0 Å². The average Bonchev–Trinajstić information content (AvgIpc) is 2.92. The fourth-order valence-corrected chi connectivity index (χ4v) is 2.10. The van der Waals surface area contributed by atoms with E-state index < -0.39 is 0 Å². The number of hydrogen-bond acceptors (Lipinski definition) is 5. The summed E-state index contributed by atoms with van der Waals surface area (Å²) in [6, 6.07) is 5.32. The zero-order valence-corrected chi connectivity index (χ0v) is 12.1. The number of rotatable bonds is 4. The Morgan fingerprint density at radius 2 is 2.10 bits per heavy atom. The number of anilines is 1. The minimum atomic E-state index is -0.271. The summed E-state index contributed by atoms with van der Waals surface area (Å²) in [4.78, 5) is 18.5. The van der Waals surface area contributed by atoms with Crippen LogP contribution in [0.15, 0.2) is 29.2 Å². The number of aromatic amines is 2. The molecule has 0 aliphatic heterocycles. The third-order valence-electron chi connectivity index (χ3n) is 2.80. The van der Waals surface area contributed by atoms with Crippen LogP contribution in [0.1, 0.15) is 5.56 Å². The van der Waals surface area contributed by atoms with Gasteiger partial charge in [-0.2, -0.15) is 10.1 Å². The van der Waals surface area contributed by atoms with Gasteiger partial charge in [0.25, 0.3) is 5.56 Å². The van der Waals surface area contributed by atoms with Crippen LogP contribution in [0.3, 0.4) is 0 Å². The van der Waals surface area contributed by atoms with Gasteiger partial charge in [0.2, 0.25) is 5.95 Å². The molecular formula is C12H10Cl2N6O. The van der Waals surface area contributed by atoms with E-state index in [1.807, 2.05) is 6.07 Å². The van der Waals surface area contributed by atoms with Gasteiger partial charge in [0.05, 0.1) is 16.2 Å². The summed E-state index contributed by atoms with van der Waals surface area (Å²) in [7, 11) is 0. The van der Waals surface area contributed by atoms with Crippen LogP contribution in [-0.2, 0) is 6.54 Å². The summed E-state index contributed by atoms with van der Waals surface area (Å²) in [6.07, 6.45) is 1.42. The number of nitrogens with zero attached hydrogens (tertiary/aromatic N) is 2. The van der Waals surface area contributed by atoms with Gasteiger partial charge in [0.15, 0.2) is 5.65 Å². The largest absolute Gasteiger partial charge is 0.291 e. The third-order valence-corrected chi connectivity index (χ3v) is 3.54. The van der Waals surface area contributed by atoms with E-state index in [0.717, 1.165) is 5.56 Å². The maximum atomic E-state index is 11.7. The number of hydrazine groups is 1. The molecule has 0 saturated heterocycles. The van der Waals surface area contributed by atoms with Crippen LogP contribution < -0.4 is 16.4 Å². The van der Waals surface area contributed by atoms with E-state index in [4.69, 9.17) is 23.2 Å². The van der Waals surface area contributed by atoms with Crippen LogP contribution in [0, 0.1) is 0 Å². The third kappa shape index (κ3) is 2.99. The number of nitrogens with one attached hydrogen (secondary N) is 4. The first-order valence-electron chi connectivity index (χ1n) is 5.99. The molecule has 2 aromatic heterocycles. The van der Waals surface area contributed by atoms with Crippen molar-refractivity contribution >= 4 is 40.2 Å². The SMILES string of the molecule is O=c1[nH]c(NNCc2ccc(Cl)c(Cl)c2)nc2[nH]ncc12. The summed E-state index contributed by atoms with van der Waals surface area (Å²) < 4.78 is 0. The lowest BCUT2D eigenvalue weighted by Crippen LogP contribution is -2.24. The Labute approximate surface area is 128 Å². The quantitative estimate of drug-likeness (QED) is 0.551. The van der Waals surface area contributed by atoms with Crippen LogP contribution in [-0.4, -0.2) is 20.2 Å².